The standard InChI is InChI=1S/C22H30BrN3O4/c1-25(12-13-26-10-4-3-5-11-26)20(27)15-6-8-22(9-7-15)16-14-17(23)19(29-2)24-18(16)21(28)30-22/h14-15H,3-13H2,1-2H3. The molecule has 0 unspecified atom stereocenters. The van der Waals surface area contributed by atoms with E-state index in [2.05, 4.69) is 25.8 Å². The van der Waals surface area contributed by atoms with E-state index in [9.17, 15) is 9.59 Å². The first kappa shape index (κ1) is 21.6. The second kappa shape index (κ2) is 8.83. The monoisotopic (exact) mass is 479 g/mol. The number of piperidine rings is 1. The number of ether oxygens (including phenoxy) is 2. The van der Waals surface area contributed by atoms with E-state index < -0.39 is 11.6 Å². The van der Waals surface area contributed by atoms with Gasteiger partial charge in [-0.1, -0.05) is 6.42 Å². The number of carbonyl (C=O) groups is 2. The summed E-state index contributed by atoms with van der Waals surface area (Å²) in [5.41, 5.74) is 0.472. The molecule has 0 bridgehead atoms. The van der Waals surface area contributed by atoms with Crippen molar-refractivity contribution in [3.05, 3.63) is 21.8 Å². The Morgan fingerprint density at radius 1 is 1.33 bits per heavy atom. The lowest BCUT2D eigenvalue weighted by Crippen LogP contribution is -2.43. The Hall–Kier alpha value is -1.67. The molecule has 0 radical (unpaired) electrons. The molecule has 164 valence electrons. The molecule has 2 fully saturated rings. The number of fused-ring (bicyclic) bond motifs is 2. The number of likely N-dealkylation sites (N-methyl/N-ethyl adjacent to an activating group) is 1. The Morgan fingerprint density at radius 2 is 2.03 bits per heavy atom. The predicted octanol–water partition coefficient (Wildman–Crippen LogP) is 3.35. The number of hydrogen-bond donors (Lipinski definition) is 0. The van der Waals surface area contributed by atoms with Crippen molar-refractivity contribution in [3.63, 3.8) is 0 Å². The van der Waals surface area contributed by atoms with E-state index in [4.69, 9.17) is 9.47 Å². The maximum Gasteiger partial charge on any atom is 0.358 e. The van der Waals surface area contributed by atoms with Crippen molar-refractivity contribution < 1.29 is 19.1 Å². The van der Waals surface area contributed by atoms with Crippen LogP contribution in [0.5, 0.6) is 5.88 Å². The highest BCUT2D eigenvalue weighted by Gasteiger charge is 2.50. The van der Waals surface area contributed by atoms with E-state index in [0.29, 0.717) is 41.7 Å². The number of halogens is 1. The van der Waals surface area contributed by atoms with Crippen LogP contribution < -0.4 is 4.74 Å². The van der Waals surface area contributed by atoms with Gasteiger partial charge in [-0.05, 0) is 73.6 Å². The van der Waals surface area contributed by atoms with Crippen LogP contribution in [0.3, 0.4) is 0 Å². The molecule has 0 aromatic carbocycles. The van der Waals surface area contributed by atoms with Gasteiger partial charge in [0.05, 0.1) is 11.6 Å². The highest BCUT2D eigenvalue weighted by Crippen LogP contribution is 2.49. The summed E-state index contributed by atoms with van der Waals surface area (Å²) in [6, 6.07) is 1.89. The third-order valence-electron chi connectivity index (χ3n) is 6.83. The normalized spacial score (nSPS) is 26.4. The van der Waals surface area contributed by atoms with E-state index >= 15 is 0 Å². The van der Waals surface area contributed by atoms with Crippen LogP contribution in [0.1, 0.15) is 61.0 Å². The van der Waals surface area contributed by atoms with Gasteiger partial charge in [-0.15, -0.1) is 0 Å². The number of amides is 1. The Kier molecular flexibility index (Phi) is 6.34. The van der Waals surface area contributed by atoms with Crippen molar-refractivity contribution in [3.8, 4) is 5.88 Å². The first-order chi connectivity index (χ1) is 14.4. The van der Waals surface area contributed by atoms with Crippen molar-refractivity contribution in [2.24, 2.45) is 5.92 Å². The van der Waals surface area contributed by atoms with Crippen molar-refractivity contribution in [2.45, 2.75) is 50.5 Å². The number of likely N-dealkylation sites (tertiary alicyclic amines) is 1. The summed E-state index contributed by atoms with van der Waals surface area (Å²) in [6.07, 6.45) is 6.55. The molecule has 3 aliphatic rings. The molecule has 1 amide bonds. The second-order valence-corrected chi connectivity index (χ2v) is 9.55. The summed E-state index contributed by atoms with van der Waals surface area (Å²) in [4.78, 5) is 34.1. The molecule has 4 rings (SSSR count). The van der Waals surface area contributed by atoms with Crippen LogP contribution in [-0.2, 0) is 15.1 Å². The number of methoxy groups -OCH3 is 1. The molecule has 0 N–H and O–H groups in total. The average molecular weight is 480 g/mol. The quantitative estimate of drug-likeness (QED) is 0.602. The number of esters is 1. The highest BCUT2D eigenvalue weighted by molar-refractivity contribution is 9.10. The van der Waals surface area contributed by atoms with E-state index in [1.165, 1.54) is 26.4 Å². The van der Waals surface area contributed by atoms with E-state index in [1.54, 1.807) is 0 Å². The number of nitrogens with zero attached hydrogens (tertiary/aromatic N) is 3. The van der Waals surface area contributed by atoms with Gasteiger partial charge < -0.3 is 19.3 Å². The van der Waals surface area contributed by atoms with Gasteiger partial charge in [0.25, 0.3) is 0 Å². The molecular weight excluding hydrogens is 450 g/mol. The Morgan fingerprint density at radius 3 is 2.70 bits per heavy atom. The topological polar surface area (TPSA) is 72.0 Å². The van der Waals surface area contributed by atoms with Gasteiger partial charge >= 0.3 is 5.97 Å². The lowest BCUT2D eigenvalue weighted by molar-refractivity contribution is -0.137. The van der Waals surface area contributed by atoms with Crippen LogP contribution in [0.2, 0.25) is 0 Å². The fourth-order valence-corrected chi connectivity index (χ4v) is 5.48. The van der Waals surface area contributed by atoms with Crippen molar-refractivity contribution >= 4 is 27.8 Å². The van der Waals surface area contributed by atoms with Crippen molar-refractivity contribution in [2.75, 3.05) is 40.3 Å². The highest BCUT2D eigenvalue weighted by atomic mass is 79.9. The molecule has 1 saturated heterocycles. The smallest absolute Gasteiger partial charge is 0.358 e. The maximum absolute atomic E-state index is 13.0. The first-order valence-corrected chi connectivity index (χ1v) is 11.7. The molecule has 3 heterocycles. The lowest BCUT2D eigenvalue weighted by Gasteiger charge is -2.37. The summed E-state index contributed by atoms with van der Waals surface area (Å²) in [7, 11) is 3.43. The van der Waals surface area contributed by atoms with E-state index in [1.807, 2.05) is 18.0 Å². The van der Waals surface area contributed by atoms with Gasteiger partial charge in [0.1, 0.15) is 5.60 Å². The molecule has 2 aliphatic heterocycles. The third kappa shape index (κ3) is 4.08. The van der Waals surface area contributed by atoms with Crippen LogP contribution in [0.25, 0.3) is 0 Å². The zero-order valence-corrected chi connectivity index (χ0v) is 19.4. The summed E-state index contributed by atoms with van der Waals surface area (Å²) < 4.78 is 11.7. The van der Waals surface area contributed by atoms with Crippen molar-refractivity contribution in [1.29, 1.82) is 0 Å². The maximum atomic E-state index is 13.0. The molecule has 1 aromatic rings. The molecule has 8 heteroatoms. The van der Waals surface area contributed by atoms with Gasteiger partial charge in [-0.3, -0.25) is 4.79 Å². The summed E-state index contributed by atoms with van der Waals surface area (Å²) in [5.74, 6) is 0.168. The van der Waals surface area contributed by atoms with Gasteiger partial charge in [0.15, 0.2) is 5.69 Å². The molecule has 1 aromatic heterocycles. The summed E-state index contributed by atoms with van der Waals surface area (Å²) >= 11 is 3.46. The molecular formula is C22H30BrN3O4. The fraction of sp³-hybridized carbons (Fsp3) is 0.682. The van der Waals surface area contributed by atoms with Crippen LogP contribution in [0, 0.1) is 5.92 Å². The average Bonchev–Trinajstić information content (AvgIpc) is 3.02. The van der Waals surface area contributed by atoms with Crippen LogP contribution in [0.15, 0.2) is 10.5 Å². The number of carbonyl (C=O) groups excluding carboxylic acids is 2. The Balaban J connectivity index is 1.37. The third-order valence-corrected chi connectivity index (χ3v) is 7.40. The zero-order chi connectivity index (χ0) is 21.3. The van der Waals surface area contributed by atoms with Crippen LogP contribution >= 0.6 is 15.9 Å². The summed E-state index contributed by atoms with van der Waals surface area (Å²) in [5, 5.41) is 0. The van der Waals surface area contributed by atoms with Crippen molar-refractivity contribution in [1.82, 2.24) is 14.8 Å². The molecule has 1 spiro atoms. The van der Waals surface area contributed by atoms with Gasteiger partial charge in [-0.25, -0.2) is 9.78 Å². The molecule has 7 nitrogen and oxygen atoms in total. The molecule has 1 saturated carbocycles. The summed E-state index contributed by atoms with van der Waals surface area (Å²) in [6.45, 7) is 4.01. The number of pyridine rings is 1. The minimum atomic E-state index is -0.669. The minimum absolute atomic E-state index is 0.0145. The molecule has 0 atom stereocenters. The second-order valence-electron chi connectivity index (χ2n) is 8.70. The largest absolute Gasteiger partial charge is 0.480 e. The van der Waals surface area contributed by atoms with Gasteiger partial charge in [-0.2, -0.15) is 0 Å². The van der Waals surface area contributed by atoms with Gasteiger partial charge in [0.2, 0.25) is 11.8 Å². The molecule has 30 heavy (non-hydrogen) atoms. The Labute approximate surface area is 186 Å². The zero-order valence-electron chi connectivity index (χ0n) is 17.8. The van der Waals surface area contributed by atoms with Gasteiger partial charge in [0, 0.05) is 31.6 Å². The van der Waals surface area contributed by atoms with Crippen LogP contribution in [-0.4, -0.2) is 67.0 Å². The van der Waals surface area contributed by atoms with E-state index in [-0.39, 0.29) is 11.8 Å². The number of aromatic nitrogens is 1. The number of hydrogen-bond acceptors (Lipinski definition) is 6. The Bertz CT molecular complexity index is 817. The first-order valence-electron chi connectivity index (χ1n) is 10.9. The minimum Gasteiger partial charge on any atom is -0.480 e. The number of rotatable bonds is 5. The van der Waals surface area contributed by atoms with E-state index in [0.717, 1.165) is 31.7 Å². The SMILES string of the molecule is COc1nc2c(cc1Br)C1(CCC(C(=O)N(C)CCN3CCCCC3)CC1)OC2=O. The lowest BCUT2D eigenvalue weighted by atomic mass is 9.75. The fourth-order valence-electron chi connectivity index (χ4n) is 5.00. The molecule has 1 aliphatic carbocycles. The van der Waals surface area contributed by atoms with Crippen LogP contribution in [0.4, 0.5) is 0 Å². The predicted molar refractivity (Wildman–Crippen MR) is 115 cm³/mol.